The molecule has 410 valence electrons. The molecule has 0 unspecified atom stereocenters. The van der Waals surface area contributed by atoms with Gasteiger partial charge < -0.3 is 29.9 Å². The molecule has 2 aliphatic rings. The summed E-state index contributed by atoms with van der Waals surface area (Å²) in [5.41, 5.74) is -2.40. The van der Waals surface area contributed by atoms with Crippen LogP contribution in [-0.2, 0) is 46.7 Å². The molecule has 4 aromatic carbocycles. The Balaban J connectivity index is 0.000000468. The number of hydrogen-bond donors (Lipinski definition) is 3. The maximum absolute atomic E-state index is 13.6. The molecule has 0 bridgehead atoms. The molecule has 0 radical (unpaired) electrons. The van der Waals surface area contributed by atoms with Gasteiger partial charge in [-0.05, 0) is 104 Å². The van der Waals surface area contributed by atoms with Crippen molar-refractivity contribution in [2.24, 2.45) is 21.7 Å². The minimum Gasteiger partial charge on any atom is -0.481 e. The SMILES string of the molecule is CC(=O)C(C)(C)C(=O)OCc1ccccc1.CC(F)(F)C(C)(C)C(=O)N1CC[C@H]1c1ccccc1.CC(F)(F)C(C)(C)C(=O)O.CC(F)(F)C(C)(C)C(=O)OCc1ccccc1.CO.c1ccc([C@@H]2CCN2)cc1. The highest BCUT2D eigenvalue weighted by molar-refractivity contribution is 6.01. The molecule has 11 nitrogen and oxygen atoms in total. The number of esters is 2. The van der Waals surface area contributed by atoms with Crippen molar-refractivity contribution >= 4 is 29.6 Å². The molecule has 4 aromatic rings. The second-order valence-electron chi connectivity index (χ2n) is 20.1. The standard InChI is InChI=1S/C15H19F2NO.C13H16F2O2.C13H16O3.C9H11N.C6H10F2O2.CH4O/c1-14(2,15(3,16)17)13(19)18-10-9-12(18)11-7-5-4-6-8-11;1-12(2,13(3,14)15)11(16)17-9-10-7-5-4-6-8-10;1-10(14)13(2,3)12(15)16-9-11-7-5-4-6-8-11;1-2-4-8(5-3-1)9-6-7-10-9;1-5(2,4(9)10)6(3,7)8;1-2/h4-8,12H,9-10H2,1-3H3;4-8H,9H2,1-3H3;4-8H,9H2,1-3H3;1-5,9-10H,6-7H2;1-3H3,(H,9,10);2H,1H3/t12-;;;9-;;/m0..0../s1. The second kappa shape index (κ2) is 28.6. The highest BCUT2D eigenvalue weighted by atomic mass is 19.3. The van der Waals surface area contributed by atoms with Crippen molar-refractivity contribution in [1.29, 1.82) is 0 Å². The van der Waals surface area contributed by atoms with Crippen LogP contribution < -0.4 is 5.32 Å². The summed E-state index contributed by atoms with van der Waals surface area (Å²) >= 11 is 0. The van der Waals surface area contributed by atoms with Gasteiger partial charge in [0.05, 0.1) is 6.04 Å². The van der Waals surface area contributed by atoms with Crippen LogP contribution in [0.15, 0.2) is 121 Å². The summed E-state index contributed by atoms with van der Waals surface area (Å²) in [6.45, 7) is 15.6. The number of aliphatic carboxylic acids is 1. The third-order valence-corrected chi connectivity index (χ3v) is 13.2. The van der Waals surface area contributed by atoms with Crippen LogP contribution in [0.1, 0.15) is 130 Å². The van der Waals surface area contributed by atoms with Crippen molar-refractivity contribution in [2.75, 3.05) is 20.2 Å². The summed E-state index contributed by atoms with van der Waals surface area (Å²) in [6, 6.07) is 39.1. The van der Waals surface area contributed by atoms with E-state index in [1.54, 1.807) is 43.0 Å². The van der Waals surface area contributed by atoms with Gasteiger partial charge in [-0.25, -0.2) is 26.3 Å². The van der Waals surface area contributed by atoms with Crippen LogP contribution in [0.2, 0.25) is 0 Å². The van der Waals surface area contributed by atoms with Crippen LogP contribution in [0.25, 0.3) is 0 Å². The van der Waals surface area contributed by atoms with E-state index in [2.05, 4.69) is 35.6 Å². The first kappa shape index (κ1) is 65.9. The van der Waals surface area contributed by atoms with E-state index >= 15 is 0 Å². The lowest BCUT2D eigenvalue weighted by atomic mass is 9.82. The zero-order valence-electron chi connectivity index (χ0n) is 44.9. The summed E-state index contributed by atoms with van der Waals surface area (Å²) in [4.78, 5) is 58.5. The Morgan fingerprint density at radius 2 is 0.892 bits per heavy atom. The van der Waals surface area contributed by atoms with Gasteiger partial charge in [0, 0.05) is 40.5 Å². The first-order valence-electron chi connectivity index (χ1n) is 24.0. The topological polar surface area (TPSA) is 160 Å². The molecule has 0 saturated carbocycles. The third kappa shape index (κ3) is 19.3. The monoisotopic (exact) mass is 1050 g/mol. The van der Waals surface area contributed by atoms with Crippen molar-refractivity contribution in [1.82, 2.24) is 10.2 Å². The van der Waals surface area contributed by atoms with Crippen molar-refractivity contribution in [3.63, 3.8) is 0 Å². The molecule has 74 heavy (non-hydrogen) atoms. The van der Waals surface area contributed by atoms with Crippen molar-refractivity contribution in [3.8, 4) is 0 Å². The number of nitrogens with one attached hydrogen (secondary N) is 1. The van der Waals surface area contributed by atoms with Crippen LogP contribution in [0.5, 0.6) is 0 Å². The molecule has 2 atom stereocenters. The van der Waals surface area contributed by atoms with E-state index in [4.69, 9.17) is 19.7 Å². The molecule has 0 aromatic heterocycles. The summed E-state index contributed by atoms with van der Waals surface area (Å²) < 4.78 is 88.2. The highest BCUT2D eigenvalue weighted by Gasteiger charge is 2.53. The average molecular weight is 1050 g/mol. The number of aliphatic hydroxyl groups excluding tert-OH is 1. The number of carboxylic acid groups (broad SMARTS) is 1. The fourth-order valence-corrected chi connectivity index (χ4v) is 5.78. The van der Waals surface area contributed by atoms with Gasteiger partial charge >= 0.3 is 17.9 Å². The van der Waals surface area contributed by atoms with E-state index < -0.39 is 63.2 Å². The number of carbonyl (C=O) groups excluding carboxylic acids is 4. The number of ether oxygens (including phenoxy) is 2. The predicted molar refractivity (Wildman–Crippen MR) is 273 cm³/mol. The highest BCUT2D eigenvalue weighted by Crippen LogP contribution is 2.43. The lowest BCUT2D eigenvalue weighted by molar-refractivity contribution is -0.177. The Morgan fingerprint density at radius 1 is 0.541 bits per heavy atom. The number of rotatable bonds is 14. The van der Waals surface area contributed by atoms with E-state index in [1.807, 2.05) is 66.7 Å². The largest absolute Gasteiger partial charge is 0.481 e. The molecule has 2 heterocycles. The minimum atomic E-state index is -3.18. The predicted octanol–water partition coefficient (Wildman–Crippen LogP) is 12.5. The fourth-order valence-electron chi connectivity index (χ4n) is 5.78. The van der Waals surface area contributed by atoms with Gasteiger partial charge in [0.25, 0.3) is 17.8 Å². The van der Waals surface area contributed by atoms with Crippen molar-refractivity contribution in [3.05, 3.63) is 144 Å². The average Bonchev–Trinajstić information content (AvgIpc) is 3.30. The lowest BCUT2D eigenvalue weighted by Gasteiger charge is -2.46. The Kier molecular flexibility index (Phi) is 25.5. The van der Waals surface area contributed by atoms with Gasteiger partial charge in [-0.1, -0.05) is 121 Å². The molecular formula is C57H76F6N2O9. The number of halogens is 6. The summed E-state index contributed by atoms with van der Waals surface area (Å²) in [7, 11) is 1.00. The second-order valence-corrected chi connectivity index (χ2v) is 20.1. The summed E-state index contributed by atoms with van der Waals surface area (Å²) in [5, 5.41) is 18.7. The maximum atomic E-state index is 13.6. The fraction of sp³-hybridized carbons (Fsp3) is 0.491. The van der Waals surface area contributed by atoms with E-state index in [1.165, 1.54) is 53.1 Å². The van der Waals surface area contributed by atoms with Gasteiger partial charge in [0.1, 0.15) is 40.7 Å². The lowest BCUT2D eigenvalue weighted by Crippen LogP contribution is -2.55. The minimum absolute atomic E-state index is 0.0131. The number of nitrogens with zero attached hydrogens (tertiary/aromatic N) is 1. The third-order valence-electron chi connectivity index (χ3n) is 13.2. The Bertz CT molecular complexity index is 2330. The number of hydrogen-bond acceptors (Lipinski definition) is 9. The van der Waals surface area contributed by atoms with Gasteiger partial charge in [-0.3, -0.25) is 24.0 Å². The van der Waals surface area contributed by atoms with Crippen LogP contribution >= 0.6 is 0 Å². The molecule has 2 aliphatic heterocycles. The molecule has 2 saturated heterocycles. The number of likely N-dealkylation sites (tertiary alicyclic amines) is 1. The number of amides is 1. The quantitative estimate of drug-likeness (QED) is 0.0630. The zero-order valence-corrected chi connectivity index (χ0v) is 44.9. The number of aliphatic hydroxyl groups is 1. The number of benzene rings is 4. The molecule has 2 fully saturated rings. The number of carbonyl (C=O) groups is 5. The van der Waals surface area contributed by atoms with Crippen molar-refractivity contribution in [2.45, 2.75) is 139 Å². The molecule has 0 aliphatic carbocycles. The molecule has 6 rings (SSSR count). The van der Waals surface area contributed by atoms with E-state index in [0.29, 0.717) is 19.5 Å². The van der Waals surface area contributed by atoms with Crippen molar-refractivity contribution < 1.29 is 70.0 Å². The first-order chi connectivity index (χ1) is 34.1. The van der Waals surface area contributed by atoms with E-state index in [-0.39, 0.29) is 25.0 Å². The maximum Gasteiger partial charge on any atom is 0.319 e. The normalized spacial score (nSPS) is 15.4. The van der Waals surface area contributed by atoms with Crippen LogP contribution in [0.4, 0.5) is 26.3 Å². The van der Waals surface area contributed by atoms with Gasteiger partial charge in [-0.2, -0.15) is 0 Å². The van der Waals surface area contributed by atoms with E-state index in [9.17, 15) is 50.3 Å². The molecule has 1 amide bonds. The van der Waals surface area contributed by atoms with Gasteiger partial charge in [0.15, 0.2) is 0 Å². The Morgan fingerprint density at radius 3 is 1.18 bits per heavy atom. The molecule has 17 heteroatoms. The van der Waals surface area contributed by atoms with Gasteiger partial charge in [0.2, 0.25) is 5.91 Å². The first-order valence-corrected chi connectivity index (χ1v) is 24.0. The zero-order chi connectivity index (χ0) is 56.9. The van der Waals surface area contributed by atoms with Crippen LogP contribution in [0.3, 0.4) is 0 Å². The number of Topliss-reactive ketones (excluding diaryl/α,β-unsaturated/α-hetero) is 1. The molecular weight excluding hydrogens is 971 g/mol. The van der Waals surface area contributed by atoms with Gasteiger partial charge in [-0.15, -0.1) is 0 Å². The number of ketones is 1. The number of carboxylic acids is 1. The summed E-state index contributed by atoms with van der Waals surface area (Å²) in [5.74, 6) is -12.8. The summed E-state index contributed by atoms with van der Waals surface area (Å²) in [6.07, 6.45) is 2.13. The smallest absolute Gasteiger partial charge is 0.319 e. The Labute approximate surface area is 433 Å². The molecule has 3 N–H and O–H groups in total. The number of alkyl halides is 6. The van der Waals surface area contributed by atoms with E-state index in [0.717, 1.165) is 57.9 Å². The van der Waals surface area contributed by atoms with Crippen LogP contribution in [-0.4, -0.2) is 82.7 Å². The Hall–Kier alpha value is -6.07. The van der Waals surface area contributed by atoms with Crippen LogP contribution in [0, 0.1) is 21.7 Å². The molecule has 0 spiro atoms.